The summed E-state index contributed by atoms with van der Waals surface area (Å²) >= 11 is 0. The lowest BCUT2D eigenvalue weighted by atomic mass is 10.0. The second-order valence-corrected chi connectivity index (χ2v) is 7.64. The lowest BCUT2D eigenvalue weighted by molar-refractivity contribution is -0.123. The van der Waals surface area contributed by atoms with E-state index in [1.165, 1.54) is 5.56 Å². The van der Waals surface area contributed by atoms with Crippen molar-refractivity contribution in [2.75, 3.05) is 13.7 Å². The Labute approximate surface area is 177 Å². The minimum atomic E-state index is -0.393. The first-order valence-electron chi connectivity index (χ1n) is 10.0. The fraction of sp³-hybridized carbons (Fsp3) is 0.333. The van der Waals surface area contributed by atoms with Crippen LogP contribution in [0.15, 0.2) is 54.9 Å². The van der Waals surface area contributed by atoms with Gasteiger partial charge in [0.2, 0.25) is 0 Å². The van der Waals surface area contributed by atoms with E-state index >= 15 is 0 Å². The van der Waals surface area contributed by atoms with E-state index in [-0.39, 0.29) is 12.5 Å². The van der Waals surface area contributed by atoms with Crippen LogP contribution in [0.2, 0.25) is 0 Å². The molecule has 158 valence electrons. The summed E-state index contributed by atoms with van der Waals surface area (Å²) in [5.41, 5.74) is 3.10. The Morgan fingerprint density at radius 2 is 1.83 bits per heavy atom. The predicted molar refractivity (Wildman–Crippen MR) is 117 cm³/mol. The van der Waals surface area contributed by atoms with Crippen LogP contribution in [0.4, 0.5) is 0 Å². The van der Waals surface area contributed by atoms with Crippen molar-refractivity contribution in [1.82, 2.24) is 14.9 Å². The molecule has 0 radical (unpaired) electrons. The SMILES string of the molecule is COc1ccc(C(NC(=O)COc2cc(C(C)C)ccc2C)c2nccn2C)cc1. The standard InChI is InChI=1S/C24H29N3O3/c1-16(2)19-7-6-17(3)21(14-19)30-15-22(28)26-23(24-25-12-13-27(24)4)18-8-10-20(29-5)11-9-18/h6-14,16,23H,15H2,1-5H3,(H,26,28). The van der Waals surface area contributed by atoms with Crippen molar-refractivity contribution in [3.63, 3.8) is 0 Å². The van der Waals surface area contributed by atoms with Gasteiger partial charge in [0, 0.05) is 19.4 Å². The molecule has 1 N–H and O–H groups in total. The molecule has 1 amide bonds. The Hall–Kier alpha value is -3.28. The molecular formula is C24H29N3O3. The highest BCUT2D eigenvalue weighted by atomic mass is 16.5. The van der Waals surface area contributed by atoms with Crippen molar-refractivity contribution in [2.24, 2.45) is 7.05 Å². The summed E-state index contributed by atoms with van der Waals surface area (Å²) in [7, 11) is 3.53. The maximum absolute atomic E-state index is 12.8. The number of nitrogens with zero attached hydrogens (tertiary/aromatic N) is 2. The van der Waals surface area contributed by atoms with Gasteiger partial charge in [-0.15, -0.1) is 0 Å². The number of amides is 1. The van der Waals surface area contributed by atoms with Crippen molar-refractivity contribution in [3.05, 3.63) is 77.4 Å². The minimum absolute atomic E-state index is 0.0700. The maximum Gasteiger partial charge on any atom is 0.258 e. The average molecular weight is 408 g/mol. The summed E-state index contributed by atoms with van der Waals surface area (Å²) < 4.78 is 13.0. The van der Waals surface area contributed by atoms with E-state index in [1.54, 1.807) is 13.3 Å². The highest BCUT2D eigenvalue weighted by molar-refractivity contribution is 5.78. The van der Waals surface area contributed by atoms with E-state index in [0.717, 1.165) is 28.5 Å². The van der Waals surface area contributed by atoms with Crippen LogP contribution in [-0.2, 0) is 11.8 Å². The van der Waals surface area contributed by atoms with Crippen molar-refractivity contribution in [2.45, 2.75) is 32.7 Å². The minimum Gasteiger partial charge on any atom is -0.497 e. The Morgan fingerprint density at radius 3 is 2.43 bits per heavy atom. The second kappa shape index (κ2) is 9.48. The average Bonchev–Trinajstić information content (AvgIpc) is 3.17. The van der Waals surface area contributed by atoms with E-state index in [9.17, 15) is 4.79 Å². The lowest BCUT2D eigenvalue weighted by Crippen LogP contribution is -2.34. The Balaban J connectivity index is 1.75. The Bertz CT molecular complexity index is 993. The number of benzene rings is 2. The summed E-state index contributed by atoms with van der Waals surface area (Å²) in [6, 6.07) is 13.3. The fourth-order valence-electron chi connectivity index (χ4n) is 3.23. The van der Waals surface area contributed by atoms with Crippen LogP contribution < -0.4 is 14.8 Å². The number of carbonyl (C=O) groups excluding carboxylic acids is 1. The fourth-order valence-corrected chi connectivity index (χ4v) is 3.23. The zero-order valence-corrected chi connectivity index (χ0v) is 18.2. The maximum atomic E-state index is 12.8. The van der Waals surface area contributed by atoms with Crippen LogP contribution in [0, 0.1) is 6.92 Å². The smallest absolute Gasteiger partial charge is 0.258 e. The Morgan fingerprint density at radius 1 is 1.13 bits per heavy atom. The van der Waals surface area contributed by atoms with E-state index in [2.05, 4.69) is 30.2 Å². The number of hydrogen-bond donors (Lipinski definition) is 1. The largest absolute Gasteiger partial charge is 0.497 e. The molecule has 0 saturated heterocycles. The van der Waals surface area contributed by atoms with Gasteiger partial charge in [-0.05, 0) is 47.7 Å². The van der Waals surface area contributed by atoms with Crippen molar-refractivity contribution in [1.29, 1.82) is 0 Å². The second-order valence-electron chi connectivity index (χ2n) is 7.64. The predicted octanol–water partition coefficient (Wildman–Crippen LogP) is 4.15. The lowest BCUT2D eigenvalue weighted by Gasteiger charge is -2.20. The van der Waals surface area contributed by atoms with E-state index in [0.29, 0.717) is 5.92 Å². The number of rotatable bonds is 8. The number of aromatic nitrogens is 2. The van der Waals surface area contributed by atoms with Gasteiger partial charge in [-0.25, -0.2) is 4.98 Å². The summed E-state index contributed by atoms with van der Waals surface area (Å²) in [4.78, 5) is 17.2. The van der Waals surface area contributed by atoms with Crippen LogP contribution >= 0.6 is 0 Å². The molecule has 0 aliphatic carbocycles. The van der Waals surface area contributed by atoms with Gasteiger partial charge in [0.25, 0.3) is 5.91 Å². The molecule has 0 fully saturated rings. The zero-order valence-electron chi connectivity index (χ0n) is 18.2. The third kappa shape index (κ3) is 5.00. The van der Waals surface area contributed by atoms with E-state index < -0.39 is 6.04 Å². The number of imidazole rings is 1. The molecular weight excluding hydrogens is 378 g/mol. The molecule has 3 rings (SSSR count). The Kier molecular flexibility index (Phi) is 6.77. The third-order valence-electron chi connectivity index (χ3n) is 5.11. The molecule has 0 aliphatic heterocycles. The van der Waals surface area contributed by atoms with Gasteiger partial charge < -0.3 is 19.4 Å². The molecule has 1 atom stereocenters. The summed E-state index contributed by atoms with van der Waals surface area (Å²) in [5.74, 6) is 2.41. The molecule has 6 heteroatoms. The first-order chi connectivity index (χ1) is 14.4. The highest BCUT2D eigenvalue weighted by Crippen LogP contribution is 2.25. The number of methoxy groups -OCH3 is 1. The monoisotopic (exact) mass is 407 g/mol. The van der Waals surface area contributed by atoms with Crippen LogP contribution in [-0.4, -0.2) is 29.2 Å². The summed E-state index contributed by atoms with van der Waals surface area (Å²) in [5, 5.41) is 3.05. The van der Waals surface area contributed by atoms with Crippen molar-refractivity contribution >= 4 is 5.91 Å². The number of hydrogen-bond acceptors (Lipinski definition) is 4. The van der Waals surface area contributed by atoms with E-state index in [4.69, 9.17) is 9.47 Å². The van der Waals surface area contributed by atoms with Gasteiger partial charge in [-0.2, -0.15) is 0 Å². The van der Waals surface area contributed by atoms with Crippen LogP contribution in [0.5, 0.6) is 11.5 Å². The van der Waals surface area contributed by atoms with Crippen LogP contribution in [0.25, 0.3) is 0 Å². The first-order valence-corrected chi connectivity index (χ1v) is 10.0. The molecule has 0 saturated carbocycles. The molecule has 1 aromatic heterocycles. The number of carbonyl (C=O) groups is 1. The van der Waals surface area contributed by atoms with Gasteiger partial charge in [0.1, 0.15) is 23.4 Å². The highest BCUT2D eigenvalue weighted by Gasteiger charge is 2.21. The van der Waals surface area contributed by atoms with E-state index in [1.807, 2.05) is 61.1 Å². The van der Waals surface area contributed by atoms with Crippen LogP contribution in [0.3, 0.4) is 0 Å². The molecule has 2 aromatic carbocycles. The number of nitrogens with one attached hydrogen (secondary N) is 1. The summed E-state index contributed by atoms with van der Waals surface area (Å²) in [6.45, 7) is 6.17. The zero-order chi connectivity index (χ0) is 21.7. The molecule has 0 bridgehead atoms. The van der Waals surface area contributed by atoms with Crippen LogP contribution in [0.1, 0.15) is 48.3 Å². The molecule has 0 aliphatic rings. The molecule has 3 aromatic rings. The van der Waals surface area contributed by atoms with Gasteiger partial charge in [0.05, 0.1) is 7.11 Å². The van der Waals surface area contributed by atoms with Gasteiger partial charge >= 0.3 is 0 Å². The van der Waals surface area contributed by atoms with Gasteiger partial charge in [-0.3, -0.25) is 4.79 Å². The molecule has 0 spiro atoms. The number of aryl methyl sites for hydroxylation is 2. The normalized spacial score (nSPS) is 11.9. The molecule has 6 nitrogen and oxygen atoms in total. The molecule has 30 heavy (non-hydrogen) atoms. The van der Waals surface area contributed by atoms with Gasteiger partial charge in [-0.1, -0.05) is 38.1 Å². The molecule has 1 unspecified atom stereocenters. The van der Waals surface area contributed by atoms with Crippen molar-refractivity contribution < 1.29 is 14.3 Å². The van der Waals surface area contributed by atoms with Gasteiger partial charge in [0.15, 0.2) is 6.61 Å². The van der Waals surface area contributed by atoms with Crippen molar-refractivity contribution in [3.8, 4) is 11.5 Å². The topological polar surface area (TPSA) is 65.4 Å². The third-order valence-corrected chi connectivity index (χ3v) is 5.11. The first kappa shape index (κ1) is 21.4. The molecule has 1 heterocycles. The number of ether oxygens (including phenoxy) is 2. The summed E-state index contributed by atoms with van der Waals surface area (Å²) in [6.07, 6.45) is 3.57. The quantitative estimate of drug-likeness (QED) is 0.609.